The first kappa shape index (κ1) is 16.4. The van der Waals surface area contributed by atoms with Gasteiger partial charge in [-0.05, 0) is 0 Å². The van der Waals surface area contributed by atoms with Crippen molar-refractivity contribution in [2.24, 2.45) is 0 Å². The van der Waals surface area contributed by atoms with Crippen LogP contribution in [0, 0.1) is 11.3 Å². The van der Waals surface area contributed by atoms with E-state index in [0.29, 0.717) is 0 Å². The maximum Gasteiger partial charge on any atom is 0.234 e. The van der Waals surface area contributed by atoms with Crippen LogP contribution in [-0.4, -0.2) is 57.3 Å². The van der Waals surface area contributed by atoms with E-state index in [1.807, 2.05) is 6.07 Å². The monoisotopic (exact) mass is 275 g/mol. The van der Waals surface area contributed by atoms with E-state index in [0.717, 1.165) is 0 Å². The van der Waals surface area contributed by atoms with Gasteiger partial charge >= 0.3 is 0 Å². The lowest BCUT2D eigenvalue weighted by Crippen LogP contribution is -2.32. The van der Waals surface area contributed by atoms with Crippen molar-refractivity contribution in [1.82, 2.24) is 10.2 Å². The molecule has 0 spiro atoms. The standard InChI is InChI=1S/C10H17N3O4S/c1-12-9(14)8-18(16,17)7-4-10(15)13(2)6-3-5-11/h3-4,6-8H2,1-2H3,(H,12,14). The van der Waals surface area contributed by atoms with Crippen molar-refractivity contribution < 1.29 is 18.0 Å². The molecule has 0 aliphatic carbocycles. The first-order valence-electron chi connectivity index (χ1n) is 5.34. The number of hydrogen-bond acceptors (Lipinski definition) is 5. The van der Waals surface area contributed by atoms with Crippen molar-refractivity contribution in [2.45, 2.75) is 12.8 Å². The molecule has 102 valence electrons. The van der Waals surface area contributed by atoms with Crippen molar-refractivity contribution in [3.05, 3.63) is 0 Å². The summed E-state index contributed by atoms with van der Waals surface area (Å²) in [6.07, 6.45) is 0.0223. The maximum atomic E-state index is 11.5. The Morgan fingerprint density at radius 2 is 2.00 bits per heavy atom. The van der Waals surface area contributed by atoms with Crippen LogP contribution in [-0.2, 0) is 19.4 Å². The SMILES string of the molecule is CNC(=O)CS(=O)(=O)CCC(=O)N(C)CCC#N. The van der Waals surface area contributed by atoms with E-state index in [-0.39, 0.29) is 31.0 Å². The van der Waals surface area contributed by atoms with Gasteiger partial charge in [0.25, 0.3) is 0 Å². The van der Waals surface area contributed by atoms with Crippen LogP contribution in [0.1, 0.15) is 12.8 Å². The van der Waals surface area contributed by atoms with Crippen LogP contribution in [0.5, 0.6) is 0 Å². The van der Waals surface area contributed by atoms with Gasteiger partial charge in [-0.15, -0.1) is 0 Å². The first-order valence-corrected chi connectivity index (χ1v) is 7.16. The number of amides is 2. The summed E-state index contributed by atoms with van der Waals surface area (Å²) < 4.78 is 22.9. The Morgan fingerprint density at radius 1 is 1.39 bits per heavy atom. The summed E-state index contributed by atoms with van der Waals surface area (Å²) in [6, 6.07) is 1.89. The van der Waals surface area contributed by atoms with Crippen LogP contribution in [0.4, 0.5) is 0 Å². The van der Waals surface area contributed by atoms with Gasteiger partial charge in [0.05, 0.1) is 18.2 Å². The van der Waals surface area contributed by atoms with Gasteiger partial charge in [0.2, 0.25) is 11.8 Å². The highest BCUT2D eigenvalue weighted by Gasteiger charge is 2.18. The number of sulfone groups is 1. The number of nitrogens with one attached hydrogen (secondary N) is 1. The molecule has 1 N–H and O–H groups in total. The van der Waals surface area contributed by atoms with Crippen molar-refractivity contribution >= 4 is 21.7 Å². The molecule has 0 atom stereocenters. The highest BCUT2D eigenvalue weighted by molar-refractivity contribution is 7.92. The average Bonchev–Trinajstić information content (AvgIpc) is 2.32. The molecule has 8 heteroatoms. The van der Waals surface area contributed by atoms with E-state index in [9.17, 15) is 18.0 Å². The zero-order valence-electron chi connectivity index (χ0n) is 10.5. The average molecular weight is 275 g/mol. The van der Waals surface area contributed by atoms with Crippen molar-refractivity contribution in [3.63, 3.8) is 0 Å². The van der Waals surface area contributed by atoms with Gasteiger partial charge in [0.1, 0.15) is 5.75 Å². The lowest BCUT2D eigenvalue weighted by atomic mass is 10.3. The normalized spacial score (nSPS) is 10.5. The molecule has 0 rings (SSSR count). The summed E-state index contributed by atoms with van der Waals surface area (Å²) in [4.78, 5) is 23.7. The van der Waals surface area contributed by atoms with Crippen LogP contribution in [0.15, 0.2) is 0 Å². The smallest absolute Gasteiger partial charge is 0.234 e. The minimum atomic E-state index is -3.57. The van der Waals surface area contributed by atoms with Crippen molar-refractivity contribution in [1.29, 1.82) is 5.26 Å². The van der Waals surface area contributed by atoms with Gasteiger partial charge in [-0.3, -0.25) is 9.59 Å². The van der Waals surface area contributed by atoms with Crippen LogP contribution >= 0.6 is 0 Å². The quantitative estimate of drug-likeness (QED) is 0.635. The van der Waals surface area contributed by atoms with Gasteiger partial charge in [0.15, 0.2) is 9.84 Å². The van der Waals surface area contributed by atoms with Crippen LogP contribution in [0.3, 0.4) is 0 Å². The molecule has 0 saturated carbocycles. The summed E-state index contributed by atoms with van der Waals surface area (Å²) in [5.74, 6) is -1.93. The molecule has 0 aliphatic heterocycles. The predicted molar refractivity (Wildman–Crippen MR) is 65.2 cm³/mol. The number of carbonyl (C=O) groups is 2. The van der Waals surface area contributed by atoms with Gasteiger partial charge < -0.3 is 10.2 Å². The lowest BCUT2D eigenvalue weighted by molar-refractivity contribution is -0.129. The lowest BCUT2D eigenvalue weighted by Gasteiger charge is -2.15. The first-order chi connectivity index (χ1) is 8.32. The fraction of sp³-hybridized carbons (Fsp3) is 0.700. The third-order valence-electron chi connectivity index (χ3n) is 2.24. The molecule has 0 aromatic carbocycles. The largest absolute Gasteiger partial charge is 0.358 e. The highest BCUT2D eigenvalue weighted by atomic mass is 32.2. The zero-order valence-corrected chi connectivity index (χ0v) is 11.3. The molecule has 0 saturated heterocycles. The highest BCUT2D eigenvalue weighted by Crippen LogP contribution is 1.98. The third-order valence-corrected chi connectivity index (χ3v) is 3.77. The van der Waals surface area contributed by atoms with Crippen LogP contribution in [0.2, 0.25) is 0 Å². The van der Waals surface area contributed by atoms with Gasteiger partial charge in [0, 0.05) is 27.1 Å². The molecule has 0 bridgehead atoms. The summed E-state index contributed by atoms with van der Waals surface area (Å²) in [5.41, 5.74) is 0. The van der Waals surface area contributed by atoms with Gasteiger partial charge in [-0.25, -0.2) is 8.42 Å². The Morgan fingerprint density at radius 3 is 2.50 bits per heavy atom. The molecular weight excluding hydrogens is 258 g/mol. The van der Waals surface area contributed by atoms with Gasteiger partial charge in [-0.2, -0.15) is 5.26 Å². The Balaban J connectivity index is 4.20. The minimum Gasteiger partial charge on any atom is -0.358 e. The summed E-state index contributed by atoms with van der Waals surface area (Å²) in [5, 5.41) is 10.6. The third kappa shape index (κ3) is 6.85. The summed E-state index contributed by atoms with van der Waals surface area (Å²) >= 11 is 0. The number of nitriles is 1. The predicted octanol–water partition coefficient (Wildman–Crippen LogP) is -1.09. The topological polar surface area (TPSA) is 107 Å². The minimum absolute atomic E-state index is 0.179. The van der Waals surface area contributed by atoms with E-state index in [1.165, 1.54) is 19.0 Å². The molecule has 18 heavy (non-hydrogen) atoms. The molecule has 7 nitrogen and oxygen atoms in total. The Bertz CT molecular complexity index is 439. The molecule has 2 amide bonds. The van der Waals surface area contributed by atoms with E-state index < -0.39 is 21.5 Å². The molecule has 0 fully saturated rings. The second-order valence-electron chi connectivity index (χ2n) is 3.74. The number of carbonyl (C=O) groups excluding carboxylic acids is 2. The zero-order chi connectivity index (χ0) is 14.2. The Kier molecular flexibility index (Phi) is 6.97. The molecule has 0 heterocycles. The number of nitrogens with zero attached hydrogens (tertiary/aromatic N) is 2. The fourth-order valence-corrected chi connectivity index (χ4v) is 2.29. The van der Waals surface area contributed by atoms with E-state index >= 15 is 0 Å². The molecule has 0 aliphatic rings. The molecule has 0 aromatic heterocycles. The molecular formula is C10H17N3O4S. The van der Waals surface area contributed by atoms with E-state index in [4.69, 9.17) is 5.26 Å². The second kappa shape index (κ2) is 7.66. The molecule has 0 unspecified atom stereocenters. The van der Waals surface area contributed by atoms with Crippen molar-refractivity contribution in [2.75, 3.05) is 32.1 Å². The Hall–Kier alpha value is -1.62. The summed E-state index contributed by atoms with van der Waals surface area (Å²) in [6.45, 7) is 0.269. The van der Waals surface area contributed by atoms with Crippen LogP contribution in [0.25, 0.3) is 0 Å². The van der Waals surface area contributed by atoms with Crippen molar-refractivity contribution in [3.8, 4) is 6.07 Å². The van der Waals surface area contributed by atoms with Gasteiger partial charge in [-0.1, -0.05) is 0 Å². The van der Waals surface area contributed by atoms with E-state index in [2.05, 4.69) is 5.32 Å². The Labute approximate surface area is 107 Å². The molecule has 0 radical (unpaired) electrons. The summed E-state index contributed by atoms with van der Waals surface area (Å²) in [7, 11) is -0.716. The fourth-order valence-electron chi connectivity index (χ4n) is 1.12. The second-order valence-corrected chi connectivity index (χ2v) is 5.92. The van der Waals surface area contributed by atoms with Crippen LogP contribution < -0.4 is 5.32 Å². The number of rotatable bonds is 7. The van der Waals surface area contributed by atoms with E-state index in [1.54, 1.807) is 0 Å². The maximum absolute atomic E-state index is 11.5. The molecule has 0 aromatic rings. The number of hydrogen-bond donors (Lipinski definition) is 1.